The van der Waals surface area contributed by atoms with Gasteiger partial charge in [-0.25, -0.2) is 4.39 Å². The highest BCUT2D eigenvalue weighted by atomic mass is 19.1. The predicted octanol–water partition coefficient (Wildman–Crippen LogP) is 1.42. The van der Waals surface area contributed by atoms with E-state index in [4.69, 9.17) is 5.11 Å². The Morgan fingerprint density at radius 2 is 1.95 bits per heavy atom. The third-order valence-corrected chi connectivity index (χ3v) is 3.66. The molecule has 0 aliphatic carbocycles. The van der Waals surface area contributed by atoms with Crippen LogP contribution < -0.4 is 0 Å². The minimum Gasteiger partial charge on any atom is -0.480 e. The van der Waals surface area contributed by atoms with Crippen molar-refractivity contribution in [1.82, 2.24) is 9.80 Å². The molecule has 1 fully saturated rings. The van der Waals surface area contributed by atoms with Crippen LogP contribution in [0.4, 0.5) is 4.39 Å². The Hall–Kier alpha value is -1.46. The molecular formula is C14H19FN2O2. The van der Waals surface area contributed by atoms with Gasteiger partial charge in [0, 0.05) is 38.3 Å². The zero-order valence-electron chi connectivity index (χ0n) is 11.1. The number of hydrogen-bond acceptors (Lipinski definition) is 3. The molecule has 1 aromatic carbocycles. The van der Waals surface area contributed by atoms with E-state index in [-0.39, 0.29) is 5.82 Å². The molecule has 0 aromatic heterocycles. The van der Waals surface area contributed by atoms with Gasteiger partial charge in [0.2, 0.25) is 0 Å². The number of carboxylic acid groups (broad SMARTS) is 1. The summed E-state index contributed by atoms with van der Waals surface area (Å²) in [6.45, 7) is 5.25. The first-order chi connectivity index (χ1) is 9.08. The normalized spacial score (nSPS) is 19.3. The van der Waals surface area contributed by atoms with Crippen molar-refractivity contribution in [2.45, 2.75) is 19.5 Å². The average Bonchev–Trinajstić information content (AvgIpc) is 2.41. The highest BCUT2D eigenvalue weighted by molar-refractivity contribution is 5.72. The van der Waals surface area contributed by atoms with Crippen LogP contribution in [0, 0.1) is 5.82 Å². The van der Waals surface area contributed by atoms with E-state index in [0.717, 1.165) is 13.1 Å². The van der Waals surface area contributed by atoms with Gasteiger partial charge in [-0.1, -0.05) is 18.2 Å². The van der Waals surface area contributed by atoms with Gasteiger partial charge in [-0.05, 0) is 13.0 Å². The summed E-state index contributed by atoms with van der Waals surface area (Å²) >= 11 is 0. The molecule has 1 aliphatic rings. The van der Waals surface area contributed by atoms with Crippen LogP contribution in [0.1, 0.15) is 12.5 Å². The molecule has 2 rings (SSSR count). The van der Waals surface area contributed by atoms with Crippen molar-refractivity contribution < 1.29 is 14.3 Å². The summed E-state index contributed by atoms with van der Waals surface area (Å²) in [4.78, 5) is 15.0. The van der Waals surface area contributed by atoms with E-state index in [1.54, 1.807) is 19.1 Å². The minimum absolute atomic E-state index is 0.177. The Labute approximate surface area is 112 Å². The number of carbonyl (C=O) groups is 1. The zero-order valence-corrected chi connectivity index (χ0v) is 11.1. The maximum absolute atomic E-state index is 13.5. The standard InChI is InChI=1S/C14H19FN2O2/c1-11(14(18)19)17-8-6-16(7-9-17)10-12-4-2-3-5-13(12)15/h2-5,11H,6-10H2,1H3,(H,18,19). The van der Waals surface area contributed by atoms with Gasteiger partial charge >= 0.3 is 5.97 Å². The lowest BCUT2D eigenvalue weighted by molar-refractivity contribution is -0.143. The molecule has 1 saturated heterocycles. The van der Waals surface area contributed by atoms with Crippen LogP contribution in [0.2, 0.25) is 0 Å². The molecule has 1 unspecified atom stereocenters. The third-order valence-electron chi connectivity index (χ3n) is 3.66. The molecule has 1 aromatic rings. The van der Waals surface area contributed by atoms with Crippen LogP contribution in [0.3, 0.4) is 0 Å². The van der Waals surface area contributed by atoms with E-state index in [9.17, 15) is 9.18 Å². The smallest absolute Gasteiger partial charge is 0.320 e. The Balaban J connectivity index is 1.87. The fraction of sp³-hybridized carbons (Fsp3) is 0.500. The number of halogens is 1. The molecule has 0 amide bonds. The SMILES string of the molecule is CC(C(=O)O)N1CCN(Cc2ccccc2F)CC1. The lowest BCUT2D eigenvalue weighted by Crippen LogP contribution is -2.51. The highest BCUT2D eigenvalue weighted by Gasteiger charge is 2.25. The maximum Gasteiger partial charge on any atom is 0.320 e. The second-order valence-electron chi connectivity index (χ2n) is 4.92. The van der Waals surface area contributed by atoms with Gasteiger partial charge in [-0.15, -0.1) is 0 Å². The predicted molar refractivity (Wildman–Crippen MR) is 70.3 cm³/mol. The van der Waals surface area contributed by atoms with E-state index in [1.165, 1.54) is 6.07 Å². The van der Waals surface area contributed by atoms with Gasteiger partial charge < -0.3 is 5.11 Å². The minimum atomic E-state index is -0.789. The summed E-state index contributed by atoms with van der Waals surface area (Å²) < 4.78 is 13.5. The monoisotopic (exact) mass is 266 g/mol. The number of carboxylic acids is 1. The summed E-state index contributed by atoms with van der Waals surface area (Å²) in [7, 11) is 0. The van der Waals surface area contributed by atoms with Crippen molar-refractivity contribution in [3.8, 4) is 0 Å². The number of rotatable bonds is 4. The number of hydrogen-bond donors (Lipinski definition) is 1. The van der Waals surface area contributed by atoms with Gasteiger partial charge in [-0.3, -0.25) is 14.6 Å². The van der Waals surface area contributed by atoms with Crippen molar-refractivity contribution in [3.63, 3.8) is 0 Å². The topological polar surface area (TPSA) is 43.8 Å². The Morgan fingerprint density at radius 1 is 1.32 bits per heavy atom. The van der Waals surface area contributed by atoms with Crippen molar-refractivity contribution in [2.75, 3.05) is 26.2 Å². The van der Waals surface area contributed by atoms with Gasteiger partial charge in [0.15, 0.2) is 0 Å². The number of aliphatic carboxylic acids is 1. The summed E-state index contributed by atoms with van der Waals surface area (Å²) in [6.07, 6.45) is 0. The molecule has 1 atom stereocenters. The lowest BCUT2D eigenvalue weighted by Gasteiger charge is -2.36. The Bertz CT molecular complexity index is 445. The van der Waals surface area contributed by atoms with Crippen LogP contribution >= 0.6 is 0 Å². The molecule has 5 heteroatoms. The number of benzene rings is 1. The van der Waals surface area contributed by atoms with Crippen LogP contribution in [0.25, 0.3) is 0 Å². The second kappa shape index (κ2) is 6.12. The van der Waals surface area contributed by atoms with E-state index in [0.29, 0.717) is 25.2 Å². The van der Waals surface area contributed by atoms with E-state index < -0.39 is 12.0 Å². The van der Waals surface area contributed by atoms with Crippen molar-refractivity contribution in [2.24, 2.45) is 0 Å². The summed E-state index contributed by atoms with van der Waals surface area (Å²) in [5.74, 6) is -0.966. The number of nitrogens with zero attached hydrogens (tertiary/aromatic N) is 2. The van der Waals surface area contributed by atoms with Gasteiger partial charge in [0.05, 0.1) is 0 Å². The zero-order chi connectivity index (χ0) is 13.8. The molecule has 104 valence electrons. The first-order valence-corrected chi connectivity index (χ1v) is 6.50. The van der Waals surface area contributed by atoms with E-state index in [1.807, 2.05) is 11.0 Å². The third kappa shape index (κ3) is 3.52. The molecule has 1 heterocycles. The van der Waals surface area contributed by atoms with Gasteiger partial charge in [-0.2, -0.15) is 0 Å². The molecule has 1 N–H and O–H groups in total. The average molecular weight is 266 g/mol. The molecule has 0 bridgehead atoms. The van der Waals surface area contributed by atoms with Gasteiger partial charge in [0.1, 0.15) is 11.9 Å². The quantitative estimate of drug-likeness (QED) is 0.895. The van der Waals surface area contributed by atoms with Crippen molar-refractivity contribution >= 4 is 5.97 Å². The van der Waals surface area contributed by atoms with E-state index in [2.05, 4.69) is 4.90 Å². The first-order valence-electron chi connectivity index (χ1n) is 6.50. The molecular weight excluding hydrogens is 247 g/mol. The largest absolute Gasteiger partial charge is 0.480 e. The van der Waals surface area contributed by atoms with Crippen LogP contribution in [0.15, 0.2) is 24.3 Å². The van der Waals surface area contributed by atoms with Crippen molar-refractivity contribution in [3.05, 3.63) is 35.6 Å². The molecule has 0 spiro atoms. The van der Waals surface area contributed by atoms with Crippen LogP contribution in [-0.2, 0) is 11.3 Å². The van der Waals surface area contributed by atoms with Crippen molar-refractivity contribution in [1.29, 1.82) is 0 Å². The summed E-state index contributed by atoms with van der Waals surface area (Å²) in [6, 6.07) is 6.34. The molecule has 4 nitrogen and oxygen atoms in total. The fourth-order valence-electron chi connectivity index (χ4n) is 2.33. The highest BCUT2D eigenvalue weighted by Crippen LogP contribution is 2.13. The number of piperazine rings is 1. The fourth-order valence-corrected chi connectivity index (χ4v) is 2.33. The lowest BCUT2D eigenvalue weighted by atomic mass is 10.1. The molecule has 19 heavy (non-hydrogen) atoms. The Kier molecular flexibility index (Phi) is 4.50. The van der Waals surface area contributed by atoms with E-state index >= 15 is 0 Å². The molecule has 0 radical (unpaired) electrons. The van der Waals surface area contributed by atoms with Gasteiger partial charge in [0.25, 0.3) is 0 Å². The maximum atomic E-state index is 13.5. The molecule has 0 saturated carbocycles. The Morgan fingerprint density at radius 3 is 2.53 bits per heavy atom. The van der Waals surface area contributed by atoms with Crippen LogP contribution in [-0.4, -0.2) is 53.1 Å². The summed E-state index contributed by atoms with van der Waals surface area (Å²) in [5, 5.41) is 8.97. The summed E-state index contributed by atoms with van der Waals surface area (Å²) in [5.41, 5.74) is 0.697. The first kappa shape index (κ1) is 14.0. The molecule has 1 aliphatic heterocycles. The van der Waals surface area contributed by atoms with Crippen LogP contribution in [0.5, 0.6) is 0 Å². The second-order valence-corrected chi connectivity index (χ2v) is 4.92.